The van der Waals surface area contributed by atoms with E-state index in [2.05, 4.69) is 40.7 Å². The topological polar surface area (TPSA) is 91.9 Å². The van der Waals surface area contributed by atoms with Crippen LogP contribution in [0.25, 0.3) is 22.1 Å². The van der Waals surface area contributed by atoms with Crippen LogP contribution in [-0.4, -0.2) is 15.5 Å². The van der Waals surface area contributed by atoms with Gasteiger partial charge in [0.15, 0.2) is 11.0 Å². The minimum absolute atomic E-state index is 0.212. The molecule has 0 unspecified atom stereocenters. The van der Waals surface area contributed by atoms with E-state index in [0.29, 0.717) is 21.0 Å². The zero-order valence-corrected chi connectivity index (χ0v) is 8.05. The summed E-state index contributed by atoms with van der Waals surface area (Å²) in [5.74, 6) is 0. The molecular formula is C6HBrN4O3. The van der Waals surface area contributed by atoms with Crippen LogP contribution in [0.15, 0.2) is 19.8 Å². The monoisotopic (exact) mass is 256 g/mol. The molecule has 3 aromatic rings. The Morgan fingerprint density at radius 1 is 1.29 bits per heavy atom. The fourth-order valence-corrected chi connectivity index (χ4v) is 1.73. The average Bonchev–Trinajstić information content (AvgIpc) is 2.72. The summed E-state index contributed by atoms with van der Waals surface area (Å²) >= 11 is 3.25. The number of rotatable bonds is 0. The highest BCUT2D eigenvalue weighted by molar-refractivity contribution is 9.10. The molecule has 0 fully saturated rings. The Morgan fingerprint density at radius 3 is 2.93 bits per heavy atom. The van der Waals surface area contributed by atoms with Crippen molar-refractivity contribution in [2.24, 2.45) is 0 Å². The summed E-state index contributed by atoms with van der Waals surface area (Å²) < 4.78 is 9.60. The molecule has 0 aliphatic carbocycles. The molecule has 0 spiro atoms. The molecule has 70 valence electrons. The average molecular weight is 257 g/mol. The molecule has 3 rings (SSSR count). The molecule has 0 radical (unpaired) electrons. The smallest absolute Gasteiger partial charge is 0.257 e. The van der Waals surface area contributed by atoms with Crippen LogP contribution in [0.1, 0.15) is 0 Å². The van der Waals surface area contributed by atoms with Crippen molar-refractivity contribution in [2.75, 3.05) is 0 Å². The molecule has 1 aromatic carbocycles. The molecule has 2 aromatic heterocycles. The van der Waals surface area contributed by atoms with Crippen molar-refractivity contribution < 1.29 is 14.2 Å². The van der Waals surface area contributed by atoms with E-state index >= 15 is 0 Å². The lowest BCUT2D eigenvalue weighted by Gasteiger charge is -1.88. The zero-order valence-electron chi connectivity index (χ0n) is 6.47. The summed E-state index contributed by atoms with van der Waals surface area (Å²) in [5.41, 5.74) is 1.40. The van der Waals surface area contributed by atoms with E-state index in [1.54, 1.807) is 6.07 Å². The van der Waals surface area contributed by atoms with Crippen molar-refractivity contribution >= 4 is 38.0 Å². The van der Waals surface area contributed by atoms with Gasteiger partial charge in [-0.1, -0.05) is 0 Å². The second-order valence-corrected chi connectivity index (χ2v) is 3.47. The first-order valence-corrected chi connectivity index (χ1v) is 4.37. The number of hydrogen-bond donors (Lipinski definition) is 0. The maximum Gasteiger partial charge on any atom is 0.257 e. The van der Waals surface area contributed by atoms with Gasteiger partial charge < -0.3 is 5.21 Å². The van der Waals surface area contributed by atoms with Crippen LogP contribution in [0, 0.1) is 5.21 Å². The number of hydrogen-bond acceptors (Lipinski definition) is 6. The lowest BCUT2D eigenvalue weighted by molar-refractivity contribution is -0.781. The summed E-state index contributed by atoms with van der Waals surface area (Å²) in [5, 5.41) is 21.9. The number of halogens is 1. The van der Waals surface area contributed by atoms with Gasteiger partial charge in [-0.2, -0.15) is 0 Å². The molecular weight excluding hydrogens is 256 g/mol. The van der Waals surface area contributed by atoms with Crippen LogP contribution in [-0.2, 0) is 0 Å². The molecule has 0 aliphatic rings. The largest absolute Gasteiger partial charge is 0.359 e. The SMILES string of the molecule is [O-][n+]1onc2cc(Br)c3nonc3c21. The van der Waals surface area contributed by atoms with Crippen LogP contribution >= 0.6 is 15.9 Å². The second kappa shape index (κ2) is 2.41. The standard InChI is InChI=1S/C6HBrN4O3/c7-2-1-3-6(11(12)14-8-3)5-4(2)9-13-10-5/h1H. The van der Waals surface area contributed by atoms with E-state index in [1.165, 1.54) is 0 Å². The fourth-order valence-electron chi connectivity index (χ4n) is 1.25. The Balaban J connectivity index is 2.69. The van der Waals surface area contributed by atoms with Crippen LogP contribution in [0.3, 0.4) is 0 Å². The Hall–Kier alpha value is -1.70. The van der Waals surface area contributed by atoms with Crippen LogP contribution in [0.5, 0.6) is 0 Å². The van der Waals surface area contributed by atoms with Crippen molar-refractivity contribution in [3.63, 3.8) is 0 Å². The Bertz CT molecular complexity index is 630. The number of aromatic nitrogens is 4. The van der Waals surface area contributed by atoms with Gasteiger partial charge in [0.2, 0.25) is 0 Å². The van der Waals surface area contributed by atoms with E-state index < -0.39 is 0 Å². The van der Waals surface area contributed by atoms with E-state index in [0.717, 1.165) is 0 Å². The first kappa shape index (κ1) is 7.68. The lowest BCUT2D eigenvalue weighted by atomic mass is 10.3. The minimum atomic E-state index is 0.212. The van der Waals surface area contributed by atoms with Crippen molar-refractivity contribution in [3.05, 3.63) is 15.7 Å². The molecule has 8 heteroatoms. The van der Waals surface area contributed by atoms with Gasteiger partial charge in [-0.05, 0) is 31.1 Å². The van der Waals surface area contributed by atoms with Crippen LogP contribution < -0.4 is 4.90 Å². The molecule has 0 amide bonds. The summed E-state index contributed by atoms with van der Waals surface area (Å²) in [6.07, 6.45) is 0. The van der Waals surface area contributed by atoms with Gasteiger partial charge >= 0.3 is 0 Å². The molecule has 0 saturated heterocycles. The summed E-state index contributed by atoms with van der Waals surface area (Å²) in [7, 11) is 0. The number of nitrogens with zero attached hydrogens (tertiary/aromatic N) is 4. The summed E-state index contributed by atoms with van der Waals surface area (Å²) in [4.78, 5) is 0.272. The third kappa shape index (κ3) is 0.803. The van der Waals surface area contributed by atoms with Crippen LogP contribution in [0.4, 0.5) is 0 Å². The van der Waals surface area contributed by atoms with E-state index in [4.69, 9.17) is 0 Å². The summed E-state index contributed by atoms with van der Waals surface area (Å²) in [6, 6.07) is 1.61. The predicted molar refractivity (Wildman–Crippen MR) is 46.0 cm³/mol. The molecule has 7 nitrogen and oxygen atoms in total. The Morgan fingerprint density at radius 2 is 2.07 bits per heavy atom. The predicted octanol–water partition coefficient (Wildman–Crippen LogP) is 0.760. The first-order chi connectivity index (χ1) is 6.77. The van der Waals surface area contributed by atoms with Gasteiger partial charge in [-0.15, -0.1) is 0 Å². The molecule has 0 saturated carbocycles. The van der Waals surface area contributed by atoms with Gasteiger partial charge in [-0.25, -0.2) is 4.63 Å². The molecule has 0 atom stereocenters. The van der Waals surface area contributed by atoms with E-state index in [-0.39, 0.29) is 10.4 Å². The fraction of sp³-hybridized carbons (Fsp3) is 0. The van der Waals surface area contributed by atoms with Gasteiger partial charge in [0.1, 0.15) is 0 Å². The highest BCUT2D eigenvalue weighted by Crippen LogP contribution is 2.26. The second-order valence-electron chi connectivity index (χ2n) is 2.62. The van der Waals surface area contributed by atoms with Crippen molar-refractivity contribution in [2.45, 2.75) is 0 Å². The van der Waals surface area contributed by atoms with Crippen molar-refractivity contribution in [3.8, 4) is 0 Å². The molecule has 14 heavy (non-hydrogen) atoms. The lowest BCUT2D eigenvalue weighted by Crippen LogP contribution is -2.22. The third-order valence-electron chi connectivity index (χ3n) is 1.84. The molecule has 0 N–H and O–H groups in total. The van der Waals surface area contributed by atoms with Gasteiger partial charge in [0.25, 0.3) is 11.0 Å². The highest BCUT2D eigenvalue weighted by Gasteiger charge is 2.20. The Kier molecular flexibility index (Phi) is 1.32. The van der Waals surface area contributed by atoms with Crippen molar-refractivity contribution in [1.29, 1.82) is 0 Å². The van der Waals surface area contributed by atoms with Gasteiger partial charge in [0, 0.05) is 11.2 Å². The van der Waals surface area contributed by atoms with Gasteiger partial charge in [0.05, 0.1) is 4.47 Å². The maximum atomic E-state index is 11.2. The number of fused-ring (bicyclic) bond motifs is 3. The van der Waals surface area contributed by atoms with Crippen LogP contribution in [0.2, 0.25) is 0 Å². The normalized spacial score (nSPS) is 11.5. The zero-order chi connectivity index (χ0) is 9.71. The van der Waals surface area contributed by atoms with Crippen molar-refractivity contribution in [1.82, 2.24) is 15.5 Å². The molecule has 2 heterocycles. The van der Waals surface area contributed by atoms with E-state index in [1.807, 2.05) is 0 Å². The van der Waals surface area contributed by atoms with E-state index in [9.17, 15) is 5.21 Å². The highest BCUT2D eigenvalue weighted by atomic mass is 79.9. The Labute approximate surface area is 83.9 Å². The minimum Gasteiger partial charge on any atom is -0.359 e. The molecule has 0 aliphatic heterocycles. The first-order valence-electron chi connectivity index (χ1n) is 3.57. The maximum absolute atomic E-state index is 11.2. The number of benzene rings is 1. The third-order valence-corrected chi connectivity index (χ3v) is 2.45. The van der Waals surface area contributed by atoms with Gasteiger partial charge in [-0.3, -0.25) is 4.63 Å². The quantitative estimate of drug-likeness (QED) is 0.552. The summed E-state index contributed by atoms with van der Waals surface area (Å²) in [6.45, 7) is 0. The molecule has 0 bridgehead atoms.